The SMILES string of the molecule is N#C/C(=C\c1ccc(Cl)cc1Cl)C(=O)NCc1cccs1. The molecule has 0 saturated heterocycles. The number of carbonyl (C=O) groups excluding carboxylic acids is 1. The quantitative estimate of drug-likeness (QED) is 0.669. The highest BCUT2D eigenvalue weighted by Crippen LogP contribution is 2.23. The summed E-state index contributed by atoms with van der Waals surface area (Å²) in [7, 11) is 0. The average molecular weight is 337 g/mol. The van der Waals surface area contributed by atoms with Gasteiger partial charge >= 0.3 is 0 Å². The number of thiophene rings is 1. The van der Waals surface area contributed by atoms with E-state index < -0.39 is 5.91 Å². The standard InChI is InChI=1S/C15H10Cl2N2OS/c16-12-4-3-10(14(17)7-12)6-11(8-18)15(20)19-9-13-2-1-5-21-13/h1-7H,9H2,(H,19,20)/b11-6+. The molecule has 0 saturated carbocycles. The molecule has 1 amide bonds. The Kier molecular flexibility index (Phi) is 5.40. The number of hydrogen-bond acceptors (Lipinski definition) is 3. The van der Waals surface area contributed by atoms with Crippen LogP contribution in [0.25, 0.3) is 6.08 Å². The van der Waals surface area contributed by atoms with E-state index in [-0.39, 0.29) is 5.57 Å². The van der Waals surface area contributed by atoms with Crippen molar-refractivity contribution in [2.75, 3.05) is 0 Å². The zero-order valence-electron chi connectivity index (χ0n) is 10.8. The fourth-order valence-electron chi connectivity index (χ4n) is 1.60. The van der Waals surface area contributed by atoms with Crippen LogP contribution in [0, 0.1) is 11.3 Å². The number of nitrogens with zero attached hydrogens (tertiary/aromatic N) is 1. The van der Waals surface area contributed by atoms with Crippen molar-refractivity contribution >= 4 is 46.5 Å². The monoisotopic (exact) mass is 336 g/mol. The van der Waals surface area contributed by atoms with Crippen LogP contribution < -0.4 is 5.32 Å². The predicted octanol–water partition coefficient (Wildman–Crippen LogP) is 4.28. The number of benzene rings is 1. The van der Waals surface area contributed by atoms with Crippen molar-refractivity contribution in [2.24, 2.45) is 0 Å². The van der Waals surface area contributed by atoms with E-state index in [0.717, 1.165) is 4.88 Å². The molecule has 6 heteroatoms. The molecule has 0 aliphatic carbocycles. The van der Waals surface area contributed by atoms with Crippen LogP contribution >= 0.6 is 34.5 Å². The van der Waals surface area contributed by atoms with Crippen molar-refractivity contribution in [2.45, 2.75) is 6.54 Å². The summed E-state index contributed by atoms with van der Waals surface area (Å²) in [6, 6.07) is 10.6. The van der Waals surface area contributed by atoms with Crippen LogP contribution in [0.4, 0.5) is 0 Å². The zero-order chi connectivity index (χ0) is 15.2. The van der Waals surface area contributed by atoms with Gasteiger partial charge in [-0.25, -0.2) is 0 Å². The number of nitriles is 1. The third-order valence-electron chi connectivity index (χ3n) is 2.63. The van der Waals surface area contributed by atoms with Gasteiger partial charge in [0.2, 0.25) is 0 Å². The highest BCUT2D eigenvalue weighted by molar-refractivity contribution is 7.09. The second kappa shape index (κ2) is 7.28. The van der Waals surface area contributed by atoms with Crippen molar-refractivity contribution in [3.05, 3.63) is 61.8 Å². The summed E-state index contributed by atoms with van der Waals surface area (Å²) in [5.41, 5.74) is 0.569. The summed E-state index contributed by atoms with van der Waals surface area (Å²) in [6.45, 7) is 0.393. The van der Waals surface area contributed by atoms with E-state index >= 15 is 0 Å². The number of hydrogen-bond donors (Lipinski definition) is 1. The molecule has 0 spiro atoms. The molecule has 0 bridgehead atoms. The maximum atomic E-state index is 12.0. The molecule has 0 aliphatic rings. The minimum atomic E-state index is -0.433. The third-order valence-corrected chi connectivity index (χ3v) is 4.07. The number of halogens is 2. The first-order chi connectivity index (χ1) is 10.1. The van der Waals surface area contributed by atoms with Crippen molar-refractivity contribution in [1.29, 1.82) is 5.26 Å². The number of rotatable bonds is 4. The third kappa shape index (κ3) is 4.33. The van der Waals surface area contributed by atoms with Crippen LogP contribution in [0.15, 0.2) is 41.3 Å². The lowest BCUT2D eigenvalue weighted by molar-refractivity contribution is -0.117. The molecule has 0 aliphatic heterocycles. The smallest absolute Gasteiger partial charge is 0.262 e. The summed E-state index contributed by atoms with van der Waals surface area (Å²) in [5.74, 6) is -0.433. The van der Waals surface area contributed by atoms with Gasteiger partial charge in [0, 0.05) is 14.9 Å². The van der Waals surface area contributed by atoms with Gasteiger partial charge < -0.3 is 5.32 Å². The molecule has 2 rings (SSSR count). The lowest BCUT2D eigenvalue weighted by atomic mass is 10.1. The van der Waals surface area contributed by atoms with Gasteiger partial charge in [-0.1, -0.05) is 35.3 Å². The molecule has 0 fully saturated rings. The van der Waals surface area contributed by atoms with Crippen LogP contribution in [-0.4, -0.2) is 5.91 Å². The summed E-state index contributed by atoms with van der Waals surface area (Å²) < 4.78 is 0. The number of amides is 1. The van der Waals surface area contributed by atoms with Crippen LogP contribution in [0.1, 0.15) is 10.4 Å². The first-order valence-electron chi connectivity index (χ1n) is 5.97. The zero-order valence-corrected chi connectivity index (χ0v) is 13.1. The molecule has 0 radical (unpaired) electrons. The van der Waals surface area contributed by atoms with E-state index in [4.69, 9.17) is 28.5 Å². The van der Waals surface area contributed by atoms with Crippen molar-refractivity contribution in [3.63, 3.8) is 0 Å². The van der Waals surface area contributed by atoms with Gasteiger partial charge in [-0.05, 0) is 35.2 Å². The van der Waals surface area contributed by atoms with Gasteiger partial charge in [-0.2, -0.15) is 5.26 Å². The Labute approximate surface area is 136 Å². The van der Waals surface area contributed by atoms with E-state index in [0.29, 0.717) is 22.2 Å². The van der Waals surface area contributed by atoms with Crippen LogP contribution in [0.3, 0.4) is 0 Å². The van der Waals surface area contributed by atoms with E-state index in [1.807, 2.05) is 23.6 Å². The van der Waals surface area contributed by atoms with E-state index in [2.05, 4.69) is 5.32 Å². The Morgan fingerprint density at radius 1 is 1.38 bits per heavy atom. The summed E-state index contributed by atoms with van der Waals surface area (Å²) >= 11 is 13.4. The minimum absolute atomic E-state index is 0.00391. The van der Waals surface area contributed by atoms with Gasteiger partial charge in [0.05, 0.1) is 6.54 Å². The molecule has 0 atom stereocenters. The first-order valence-corrected chi connectivity index (χ1v) is 7.61. The Morgan fingerprint density at radius 2 is 2.19 bits per heavy atom. The van der Waals surface area contributed by atoms with Crippen LogP contribution in [-0.2, 0) is 11.3 Å². The molecule has 2 aromatic rings. The Hall–Kier alpha value is -1.80. The Balaban J connectivity index is 2.13. The molecule has 3 nitrogen and oxygen atoms in total. The molecule has 21 heavy (non-hydrogen) atoms. The Bertz CT molecular complexity index is 718. The molecule has 1 aromatic heterocycles. The molecular weight excluding hydrogens is 327 g/mol. The van der Waals surface area contributed by atoms with Crippen LogP contribution in [0.5, 0.6) is 0 Å². The lowest BCUT2D eigenvalue weighted by Gasteiger charge is -2.03. The molecule has 0 unspecified atom stereocenters. The van der Waals surface area contributed by atoms with Gasteiger partial charge in [-0.3, -0.25) is 4.79 Å². The van der Waals surface area contributed by atoms with E-state index in [1.54, 1.807) is 18.2 Å². The lowest BCUT2D eigenvalue weighted by Crippen LogP contribution is -2.23. The van der Waals surface area contributed by atoms with Crippen molar-refractivity contribution < 1.29 is 4.79 Å². The fraction of sp³-hybridized carbons (Fsp3) is 0.0667. The molecule has 1 heterocycles. The number of carbonyl (C=O) groups is 1. The van der Waals surface area contributed by atoms with Crippen molar-refractivity contribution in [3.8, 4) is 6.07 Å². The van der Waals surface area contributed by atoms with Crippen molar-refractivity contribution in [1.82, 2.24) is 5.32 Å². The highest BCUT2D eigenvalue weighted by atomic mass is 35.5. The van der Waals surface area contributed by atoms with E-state index in [9.17, 15) is 4.79 Å². The molecule has 1 aromatic carbocycles. The predicted molar refractivity (Wildman–Crippen MR) is 86.2 cm³/mol. The summed E-state index contributed by atoms with van der Waals surface area (Å²) in [4.78, 5) is 13.0. The first kappa shape index (κ1) is 15.6. The van der Waals surface area contributed by atoms with Gasteiger partial charge in [-0.15, -0.1) is 11.3 Å². The average Bonchev–Trinajstić information content (AvgIpc) is 2.97. The molecule has 106 valence electrons. The summed E-state index contributed by atoms with van der Waals surface area (Å²) in [5, 5.41) is 14.6. The summed E-state index contributed by atoms with van der Waals surface area (Å²) in [6.07, 6.45) is 1.45. The van der Waals surface area contributed by atoms with Crippen LogP contribution in [0.2, 0.25) is 10.0 Å². The molecule has 1 N–H and O–H groups in total. The highest BCUT2D eigenvalue weighted by Gasteiger charge is 2.10. The second-order valence-corrected chi connectivity index (χ2v) is 5.97. The maximum absolute atomic E-state index is 12.0. The normalized spacial score (nSPS) is 11.0. The maximum Gasteiger partial charge on any atom is 0.262 e. The topological polar surface area (TPSA) is 52.9 Å². The minimum Gasteiger partial charge on any atom is -0.347 e. The fourth-order valence-corrected chi connectivity index (χ4v) is 2.71. The molecular formula is C15H10Cl2N2OS. The largest absolute Gasteiger partial charge is 0.347 e. The second-order valence-electron chi connectivity index (χ2n) is 4.10. The van der Waals surface area contributed by atoms with E-state index in [1.165, 1.54) is 17.4 Å². The Morgan fingerprint density at radius 3 is 2.81 bits per heavy atom. The van der Waals surface area contributed by atoms with Gasteiger partial charge in [0.15, 0.2) is 0 Å². The van der Waals surface area contributed by atoms with Gasteiger partial charge in [0.25, 0.3) is 5.91 Å². The number of nitrogens with one attached hydrogen (secondary N) is 1. The van der Waals surface area contributed by atoms with Gasteiger partial charge in [0.1, 0.15) is 11.6 Å².